The Morgan fingerprint density at radius 3 is 2.74 bits per heavy atom. The predicted molar refractivity (Wildman–Crippen MR) is 69.1 cm³/mol. The maximum Gasteiger partial charge on any atom is 0.334 e. The summed E-state index contributed by atoms with van der Waals surface area (Å²) in [6, 6.07) is 0. The summed E-state index contributed by atoms with van der Waals surface area (Å²) in [6.45, 7) is 9.81. The normalized spacial score (nSPS) is 49.6. The summed E-state index contributed by atoms with van der Waals surface area (Å²) in [6.07, 6.45) is 0.248. The number of esters is 1. The number of aliphatic hydroxyl groups is 2. The van der Waals surface area contributed by atoms with Crippen molar-refractivity contribution in [1.82, 2.24) is 0 Å². The first-order chi connectivity index (χ1) is 8.86. The van der Waals surface area contributed by atoms with Crippen molar-refractivity contribution >= 4 is 5.97 Å². The van der Waals surface area contributed by atoms with E-state index >= 15 is 0 Å². The highest BCUT2D eigenvalue weighted by Crippen LogP contribution is 2.57. The third-order valence-corrected chi connectivity index (χ3v) is 5.30. The lowest BCUT2D eigenvalue weighted by molar-refractivity contribution is -0.161. The van der Waals surface area contributed by atoms with Gasteiger partial charge in [-0.15, -0.1) is 0 Å². The topological polar surface area (TPSA) is 66.8 Å². The quantitative estimate of drug-likeness (QED) is 0.392. The second-order valence-corrected chi connectivity index (χ2v) is 6.39. The van der Waals surface area contributed by atoms with E-state index in [0.29, 0.717) is 18.4 Å². The number of carbonyl (C=O) groups excluding carboxylic acids is 1. The Morgan fingerprint density at radius 2 is 2.05 bits per heavy atom. The summed E-state index contributed by atoms with van der Waals surface area (Å²) >= 11 is 0. The van der Waals surface area contributed by atoms with Gasteiger partial charge in [0.05, 0.1) is 18.1 Å². The average Bonchev–Trinajstić information content (AvgIpc) is 2.61. The van der Waals surface area contributed by atoms with Crippen LogP contribution in [-0.2, 0) is 9.53 Å². The smallest absolute Gasteiger partial charge is 0.334 e. The minimum atomic E-state index is -0.689. The Kier molecular flexibility index (Phi) is 2.67. The number of hydrogen-bond acceptors (Lipinski definition) is 4. The van der Waals surface area contributed by atoms with Gasteiger partial charge in [0.15, 0.2) is 0 Å². The minimum absolute atomic E-state index is 0.0900. The zero-order valence-electron chi connectivity index (χ0n) is 11.1. The maximum atomic E-state index is 11.7. The van der Waals surface area contributed by atoms with Crippen LogP contribution in [0.2, 0.25) is 0 Å². The molecule has 1 aliphatic heterocycles. The SMILES string of the molecule is C=C1C(=O)O[C@H]2[C@H]1[C@@H](O)C[C@@]1(C)[C@H](O)CCC(=C)[C@H]21. The van der Waals surface area contributed by atoms with Crippen molar-refractivity contribution in [3.05, 3.63) is 24.3 Å². The van der Waals surface area contributed by atoms with E-state index < -0.39 is 29.7 Å². The summed E-state index contributed by atoms with van der Waals surface area (Å²) < 4.78 is 5.43. The molecule has 2 N–H and O–H groups in total. The molecule has 0 amide bonds. The first kappa shape index (κ1) is 12.9. The molecule has 0 aromatic carbocycles. The molecule has 0 spiro atoms. The first-order valence-corrected chi connectivity index (χ1v) is 6.80. The molecule has 0 aromatic rings. The van der Waals surface area contributed by atoms with Gasteiger partial charge in [-0.2, -0.15) is 0 Å². The van der Waals surface area contributed by atoms with E-state index in [1.807, 2.05) is 6.92 Å². The molecule has 0 bridgehead atoms. The summed E-state index contributed by atoms with van der Waals surface area (Å²) in [5.74, 6) is -0.869. The van der Waals surface area contributed by atoms with E-state index in [-0.39, 0.29) is 11.8 Å². The van der Waals surface area contributed by atoms with Crippen molar-refractivity contribution in [2.45, 2.75) is 44.5 Å². The number of carbonyl (C=O) groups is 1. The standard InChI is InChI=1S/C15H20O4/c1-7-4-5-10(17)15(3)6-9(16)11-8(2)14(18)19-13(11)12(7)15/h9-13,16-17H,1-2,4-6H2,3H3/t9-,10+,11+,12+,13-,15-/m0/s1. The van der Waals surface area contributed by atoms with Crippen LogP contribution in [0.3, 0.4) is 0 Å². The van der Waals surface area contributed by atoms with Crippen LogP contribution < -0.4 is 0 Å². The Balaban J connectivity index is 2.05. The molecule has 4 nitrogen and oxygen atoms in total. The van der Waals surface area contributed by atoms with Crippen LogP contribution >= 0.6 is 0 Å². The molecule has 4 heteroatoms. The van der Waals surface area contributed by atoms with E-state index in [2.05, 4.69) is 13.2 Å². The molecule has 6 atom stereocenters. The highest BCUT2D eigenvalue weighted by Gasteiger charge is 2.61. The van der Waals surface area contributed by atoms with Crippen molar-refractivity contribution in [2.75, 3.05) is 0 Å². The van der Waals surface area contributed by atoms with E-state index in [1.165, 1.54) is 0 Å². The molecule has 2 aliphatic carbocycles. The third-order valence-electron chi connectivity index (χ3n) is 5.30. The first-order valence-electron chi connectivity index (χ1n) is 6.80. The molecule has 0 unspecified atom stereocenters. The lowest BCUT2D eigenvalue weighted by Crippen LogP contribution is -2.57. The summed E-state index contributed by atoms with van der Waals surface area (Å²) in [4.78, 5) is 11.7. The molecule has 3 aliphatic rings. The lowest BCUT2D eigenvalue weighted by atomic mass is 9.53. The Morgan fingerprint density at radius 1 is 1.37 bits per heavy atom. The van der Waals surface area contributed by atoms with Crippen LogP contribution in [0, 0.1) is 17.3 Å². The molecule has 19 heavy (non-hydrogen) atoms. The van der Waals surface area contributed by atoms with Gasteiger partial charge in [-0.1, -0.05) is 25.7 Å². The molecule has 0 radical (unpaired) electrons. The Labute approximate surface area is 112 Å². The summed E-state index contributed by atoms with van der Waals surface area (Å²) in [7, 11) is 0. The summed E-state index contributed by atoms with van der Waals surface area (Å²) in [5, 5.41) is 20.7. The van der Waals surface area contributed by atoms with Crippen molar-refractivity contribution < 1.29 is 19.7 Å². The van der Waals surface area contributed by atoms with Gasteiger partial charge in [0.2, 0.25) is 0 Å². The van der Waals surface area contributed by atoms with Crippen molar-refractivity contribution in [3.8, 4) is 0 Å². The van der Waals surface area contributed by atoms with Gasteiger partial charge in [-0.05, 0) is 19.3 Å². The molecule has 1 heterocycles. The van der Waals surface area contributed by atoms with E-state index in [4.69, 9.17) is 4.74 Å². The minimum Gasteiger partial charge on any atom is -0.458 e. The lowest BCUT2D eigenvalue weighted by Gasteiger charge is -2.54. The Hall–Kier alpha value is -1.13. The molecular weight excluding hydrogens is 244 g/mol. The third kappa shape index (κ3) is 1.56. The zero-order valence-corrected chi connectivity index (χ0v) is 11.1. The Bertz CT molecular complexity index is 469. The van der Waals surface area contributed by atoms with Crippen molar-refractivity contribution in [1.29, 1.82) is 0 Å². The van der Waals surface area contributed by atoms with Crippen LogP contribution in [0.5, 0.6) is 0 Å². The molecule has 3 fully saturated rings. The van der Waals surface area contributed by atoms with Crippen molar-refractivity contribution in [3.63, 3.8) is 0 Å². The van der Waals surface area contributed by atoms with E-state index in [9.17, 15) is 15.0 Å². The monoisotopic (exact) mass is 264 g/mol. The van der Waals surface area contributed by atoms with Gasteiger partial charge in [0, 0.05) is 16.9 Å². The highest BCUT2D eigenvalue weighted by molar-refractivity contribution is 5.91. The number of hydrogen-bond donors (Lipinski definition) is 2. The van der Waals surface area contributed by atoms with Gasteiger partial charge < -0.3 is 14.9 Å². The number of ether oxygens (including phenoxy) is 1. The largest absolute Gasteiger partial charge is 0.458 e. The van der Waals surface area contributed by atoms with Gasteiger partial charge in [0.25, 0.3) is 0 Å². The predicted octanol–water partition coefficient (Wildman–Crippen LogP) is 1.18. The molecule has 2 saturated carbocycles. The number of aliphatic hydroxyl groups excluding tert-OH is 2. The van der Waals surface area contributed by atoms with Gasteiger partial charge in [-0.25, -0.2) is 4.79 Å². The number of rotatable bonds is 0. The molecule has 104 valence electrons. The van der Waals surface area contributed by atoms with Crippen molar-refractivity contribution in [2.24, 2.45) is 17.3 Å². The summed E-state index contributed by atoms with van der Waals surface area (Å²) in [5.41, 5.74) is 0.894. The van der Waals surface area contributed by atoms with Crippen LogP contribution in [0.15, 0.2) is 24.3 Å². The van der Waals surface area contributed by atoms with Crippen LogP contribution in [0.4, 0.5) is 0 Å². The molecule has 1 saturated heterocycles. The van der Waals surface area contributed by atoms with Crippen LogP contribution in [-0.4, -0.2) is 34.5 Å². The fraction of sp³-hybridized carbons (Fsp3) is 0.667. The number of fused-ring (bicyclic) bond motifs is 3. The highest BCUT2D eigenvalue weighted by atomic mass is 16.6. The van der Waals surface area contributed by atoms with Gasteiger partial charge in [-0.3, -0.25) is 0 Å². The van der Waals surface area contributed by atoms with E-state index in [0.717, 1.165) is 12.0 Å². The van der Waals surface area contributed by atoms with Gasteiger partial charge >= 0.3 is 5.97 Å². The maximum absolute atomic E-state index is 11.7. The van der Waals surface area contributed by atoms with Crippen LogP contribution in [0.1, 0.15) is 26.2 Å². The average molecular weight is 264 g/mol. The zero-order chi connectivity index (χ0) is 13.9. The molecular formula is C15H20O4. The van der Waals surface area contributed by atoms with Gasteiger partial charge in [0.1, 0.15) is 6.10 Å². The second kappa shape index (κ2) is 3.93. The molecule has 0 aromatic heterocycles. The fourth-order valence-corrected chi connectivity index (χ4v) is 4.26. The second-order valence-electron chi connectivity index (χ2n) is 6.39. The fourth-order valence-electron chi connectivity index (χ4n) is 4.26. The molecule has 3 rings (SSSR count). The van der Waals surface area contributed by atoms with Crippen LogP contribution in [0.25, 0.3) is 0 Å². The van der Waals surface area contributed by atoms with E-state index in [1.54, 1.807) is 0 Å².